The molecule has 0 fully saturated rings. The van der Waals surface area contributed by atoms with E-state index in [2.05, 4.69) is 20.4 Å². The Bertz CT molecular complexity index is 1260. The molecule has 0 radical (unpaired) electrons. The summed E-state index contributed by atoms with van der Waals surface area (Å²) in [5.74, 6) is 0. The third-order valence-electron chi connectivity index (χ3n) is 4.30. The largest absolute Gasteiger partial charge is 0.323 e. The Kier molecular flexibility index (Phi) is 3.25. The molecule has 5 heterocycles. The van der Waals surface area contributed by atoms with Crippen LogP contribution in [0.1, 0.15) is 10.7 Å². The lowest BCUT2D eigenvalue weighted by atomic mass is 10.3. The number of aryl methyl sites for hydroxylation is 1. The fraction of sp³-hybridized carbons (Fsp3) is 0.188. The first kappa shape index (κ1) is 15.0. The average molecular weight is 366 g/mol. The normalized spacial score (nSPS) is 11.7. The van der Waals surface area contributed by atoms with E-state index in [-0.39, 0.29) is 5.56 Å². The van der Waals surface area contributed by atoms with Gasteiger partial charge in [-0.25, -0.2) is 9.67 Å². The van der Waals surface area contributed by atoms with Crippen molar-refractivity contribution in [3.8, 4) is 0 Å². The van der Waals surface area contributed by atoms with Crippen molar-refractivity contribution >= 4 is 32.6 Å². The molecular weight excluding hydrogens is 352 g/mol. The number of thiazole rings is 1. The van der Waals surface area contributed by atoms with E-state index in [0.29, 0.717) is 18.6 Å². The molecule has 10 heteroatoms. The summed E-state index contributed by atoms with van der Waals surface area (Å²) in [6, 6.07) is 3.71. The van der Waals surface area contributed by atoms with E-state index in [4.69, 9.17) is 4.98 Å². The molecule has 9 nitrogen and oxygen atoms in total. The van der Waals surface area contributed by atoms with Gasteiger partial charge >= 0.3 is 0 Å². The Morgan fingerprint density at radius 1 is 1.23 bits per heavy atom. The van der Waals surface area contributed by atoms with Crippen LogP contribution in [0.4, 0.5) is 0 Å². The zero-order chi connectivity index (χ0) is 17.7. The van der Waals surface area contributed by atoms with Gasteiger partial charge in [0.25, 0.3) is 5.56 Å². The van der Waals surface area contributed by atoms with Gasteiger partial charge in [-0.15, -0.1) is 11.3 Å². The van der Waals surface area contributed by atoms with Crippen LogP contribution in [-0.4, -0.2) is 39.3 Å². The summed E-state index contributed by atoms with van der Waals surface area (Å²) < 4.78 is 6.09. The number of nitrogens with zero attached hydrogens (tertiary/aromatic N) is 7. The fourth-order valence-corrected chi connectivity index (χ4v) is 4.18. The van der Waals surface area contributed by atoms with E-state index in [1.165, 1.54) is 4.68 Å². The van der Waals surface area contributed by atoms with Gasteiger partial charge in [-0.05, 0) is 12.1 Å². The Morgan fingerprint density at radius 3 is 2.92 bits per heavy atom. The van der Waals surface area contributed by atoms with Crippen LogP contribution < -0.4 is 5.56 Å². The zero-order valence-electron chi connectivity index (χ0n) is 13.8. The van der Waals surface area contributed by atoms with Crippen LogP contribution in [0, 0.1) is 0 Å². The van der Waals surface area contributed by atoms with Crippen LogP contribution in [0.3, 0.4) is 0 Å². The highest BCUT2D eigenvalue weighted by molar-refractivity contribution is 7.19. The van der Waals surface area contributed by atoms with Gasteiger partial charge in [-0.1, -0.05) is 0 Å². The molecule has 0 aliphatic heterocycles. The van der Waals surface area contributed by atoms with Crippen molar-refractivity contribution in [2.75, 3.05) is 0 Å². The minimum Gasteiger partial charge on any atom is -0.323 e. The first-order valence-corrected chi connectivity index (χ1v) is 8.82. The minimum atomic E-state index is -0.140. The third-order valence-corrected chi connectivity index (χ3v) is 5.37. The average Bonchev–Trinajstić information content (AvgIpc) is 3.39. The van der Waals surface area contributed by atoms with Crippen molar-refractivity contribution in [2.24, 2.45) is 7.05 Å². The molecular formula is C16H14N8OS. The maximum Gasteiger partial charge on any atom is 0.291 e. The van der Waals surface area contributed by atoms with Gasteiger partial charge in [0, 0.05) is 31.0 Å². The smallest absolute Gasteiger partial charge is 0.291 e. The van der Waals surface area contributed by atoms with Crippen molar-refractivity contribution in [1.29, 1.82) is 0 Å². The van der Waals surface area contributed by atoms with Crippen LogP contribution >= 0.6 is 11.3 Å². The van der Waals surface area contributed by atoms with Crippen LogP contribution in [0.2, 0.25) is 0 Å². The highest BCUT2D eigenvalue weighted by atomic mass is 32.1. The number of hydrogen-bond donors (Lipinski definition) is 1. The number of nitrogens with one attached hydrogen (secondary N) is 1. The van der Waals surface area contributed by atoms with Crippen molar-refractivity contribution in [2.45, 2.75) is 13.1 Å². The van der Waals surface area contributed by atoms with E-state index < -0.39 is 0 Å². The highest BCUT2D eigenvalue weighted by Crippen LogP contribution is 2.30. The van der Waals surface area contributed by atoms with Gasteiger partial charge in [0.2, 0.25) is 0 Å². The molecule has 0 spiro atoms. The molecule has 5 rings (SSSR count). The molecule has 1 N–H and O–H groups in total. The summed E-state index contributed by atoms with van der Waals surface area (Å²) in [6.07, 6.45) is 7.04. The Hall–Kier alpha value is -3.27. The predicted octanol–water partition coefficient (Wildman–Crippen LogP) is 1.36. The van der Waals surface area contributed by atoms with Gasteiger partial charge in [-0.2, -0.15) is 15.3 Å². The van der Waals surface area contributed by atoms with E-state index in [1.54, 1.807) is 29.9 Å². The number of H-pyrrole nitrogens is 1. The second kappa shape index (κ2) is 5.63. The van der Waals surface area contributed by atoms with Gasteiger partial charge in [0.1, 0.15) is 10.5 Å². The number of aromatic amines is 1. The van der Waals surface area contributed by atoms with Crippen LogP contribution in [0.15, 0.2) is 41.7 Å². The Balaban J connectivity index is 1.62. The second-order valence-electron chi connectivity index (χ2n) is 5.97. The molecule has 0 bridgehead atoms. The lowest BCUT2D eigenvalue weighted by Crippen LogP contribution is -2.24. The van der Waals surface area contributed by atoms with Crippen LogP contribution in [0.25, 0.3) is 21.3 Å². The molecule has 0 aliphatic carbocycles. The van der Waals surface area contributed by atoms with Gasteiger partial charge in [0.05, 0.1) is 29.7 Å². The first-order valence-electron chi connectivity index (χ1n) is 8.00. The fourth-order valence-electron chi connectivity index (χ4n) is 3.08. The Labute approximate surface area is 150 Å². The number of hydrogen-bond acceptors (Lipinski definition) is 6. The summed E-state index contributed by atoms with van der Waals surface area (Å²) in [5.41, 5.74) is 2.09. The van der Waals surface area contributed by atoms with Gasteiger partial charge < -0.3 is 4.57 Å². The third kappa shape index (κ3) is 2.26. The topological polar surface area (TPSA) is 99.2 Å². The van der Waals surface area contributed by atoms with Crippen molar-refractivity contribution in [3.05, 3.63) is 58.0 Å². The zero-order valence-corrected chi connectivity index (χ0v) is 14.6. The summed E-state index contributed by atoms with van der Waals surface area (Å²) in [4.78, 5) is 17.6. The van der Waals surface area contributed by atoms with E-state index in [0.717, 1.165) is 26.4 Å². The molecule has 0 atom stereocenters. The first-order chi connectivity index (χ1) is 12.7. The van der Waals surface area contributed by atoms with Crippen molar-refractivity contribution < 1.29 is 0 Å². The molecule has 130 valence electrons. The molecule has 0 amide bonds. The SMILES string of the molecule is Cn1c2nc(Cn3cccn3)sc2c2cnn(Cc3ccn[nH]3)c(=O)c21. The van der Waals surface area contributed by atoms with Gasteiger partial charge in [-0.3, -0.25) is 14.6 Å². The lowest BCUT2D eigenvalue weighted by Gasteiger charge is -2.04. The second-order valence-corrected chi connectivity index (χ2v) is 7.06. The molecule has 0 saturated carbocycles. The van der Waals surface area contributed by atoms with Crippen molar-refractivity contribution in [3.63, 3.8) is 0 Å². The monoisotopic (exact) mass is 366 g/mol. The molecule has 5 aromatic rings. The Morgan fingerprint density at radius 2 is 2.15 bits per heavy atom. The maximum atomic E-state index is 12.9. The summed E-state index contributed by atoms with van der Waals surface area (Å²) in [7, 11) is 1.87. The number of aromatic nitrogens is 8. The molecule has 0 unspecified atom stereocenters. The lowest BCUT2D eigenvalue weighted by molar-refractivity contribution is 0.631. The van der Waals surface area contributed by atoms with E-state index in [1.807, 2.05) is 34.6 Å². The maximum absolute atomic E-state index is 12.9. The number of fused-ring (bicyclic) bond motifs is 3. The molecule has 0 aromatic carbocycles. The summed E-state index contributed by atoms with van der Waals surface area (Å²) in [6.45, 7) is 0.962. The summed E-state index contributed by atoms with van der Waals surface area (Å²) >= 11 is 1.57. The standard InChI is InChI=1S/C16H14N8OS/c1-22-13-11(7-19-24(16(13)25)8-10-3-5-17-21-10)14-15(22)20-12(26-14)9-23-6-2-4-18-23/h2-7H,8-9H2,1H3,(H,17,21). The summed E-state index contributed by atoms with van der Waals surface area (Å²) in [5, 5.41) is 17.1. The predicted molar refractivity (Wildman–Crippen MR) is 97.2 cm³/mol. The molecule has 0 saturated heterocycles. The number of rotatable bonds is 4. The van der Waals surface area contributed by atoms with Gasteiger partial charge in [0.15, 0.2) is 5.65 Å². The molecule has 5 aromatic heterocycles. The molecule has 0 aliphatic rings. The quantitative estimate of drug-likeness (QED) is 0.518. The van der Waals surface area contributed by atoms with Crippen LogP contribution in [-0.2, 0) is 20.1 Å². The highest BCUT2D eigenvalue weighted by Gasteiger charge is 2.18. The van der Waals surface area contributed by atoms with E-state index >= 15 is 0 Å². The van der Waals surface area contributed by atoms with Crippen LogP contribution in [0.5, 0.6) is 0 Å². The molecule has 26 heavy (non-hydrogen) atoms. The van der Waals surface area contributed by atoms with E-state index in [9.17, 15) is 4.79 Å². The minimum absolute atomic E-state index is 0.140. The van der Waals surface area contributed by atoms with Crippen molar-refractivity contribution in [1.82, 2.24) is 39.3 Å².